The lowest BCUT2D eigenvalue weighted by Crippen LogP contribution is -2.32. The molecule has 0 spiro atoms. The third kappa shape index (κ3) is 3.95. The van der Waals surface area contributed by atoms with E-state index < -0.39 is 0 Å². The number of hydrogen-bond donors (Lipinski definition) is 1. The Morgan fingerprint density at radius 3 is 2.85 bits per heavy atom. The van der Waals surface area contributed by atoms with E-state index in [0.29, 0.717) is 12.1 Å². The summed E-state index contributed by atoms with van der Waals surface area (Å²) in [5.74, 6) is 0. The number of aromatic nitrogens is 1. The van der Waals surface area contributed by atoms with Gasteiger partial charge in [0.05, 0.1) is 5.69 Å². The second-order valence-corrected chi connectivity index (χ2v) is 7.21. The van der Waals surface area contributed by atoms with Crippen molar-refractivity contribution in [3.05, 3.63) is 10.6 Å². The Morgan fingerprint density at radius 1 is 1.35 bits per heavy atom. The van der Waals surface area contributed by atoms with Crippen molar-refractivity contribution in [3.8, 4) is 0 Å². The predicted molar refractivity (Wildman–Crippen MR) is 88.7 cm³/mol. The molecule has 0 amide bonds. The van der Waals surface area contributed by atoms with Crippen LogP contribution in [0, 0.1) is 0 Å². The first kappa shape index (κ1) is 15.8. The van der Waals surface area contributed by atoms with Gasteiger partial charge in [0.15, 0.2) is 5.13 Å². The van der Waals surface area contributed by atoms with Gasteiger partial charge in [0.1, 0.15) is 0 Å². The van der Waals surface area contributed by atoms with Crippen LogP contribution in [0.3, 0.4) is 0 Å². The van der Waals surface area contributed by atoms with E-state index in [9.17, 15) is 0 Å². The van der Waals surface area contributed by atoms with Crippen LogP contribution >= 0.6 is 11.3 Å². The van der Waals surface area contributed by atoms with Crippen molar-refractivity contribution in [1.82, 2.24) is 10.3 Å². The minimum atomic E-state index is 0.530. The first-order valence-corrected chi connectivity index (χ1v) is 8.92. The summed E-state index contributed by atoms with van der Waals surface area (Å²) in [4.78, 5) is 8.89. The van der Waals surface area contributed by atoms with E-state index in [4.69, 9.17) is 4.98 Å². The quantitative estimate of drug-likeness (QED) is 0.891. The maximum atomic E-state index is 4.93. The Kier molecular flexibility index (Phi) is 5.85. The third-order valence-corrected chi connectivity index (χ3v) is 5.21. The molecule has 2 heterocycles. The van der Waals surface area contributed by atoms with Crippen molar-refractivity contribution >= 4 is 16.5 Å². The van der Waals surface area contributed by atoms with Crippen molar-refractivity contribution in [2.75, 3.05) is 11.4 Å². The molecule has 1 aliphatic heterocycles. The molecule has 3 nitrogen and oxygen atoms in total. The number of thiazole rings is 1. The maximum Gasteiger partial charge on any atom is 0.186 e. The molecule has 20 heavy (non-hydrogen) atoms. The molecule has 0 radical (unpaired) electrons. The van der Waals surface area contributed by atoms with E-state index in [2.05, 4.69) is 37.9 Å². The van der Waals surface area contributed by atoms with Gasteiger partial charge in [-0.15, -0.1) is 11.3 Å². The average Bonchev–Trinajstić information content (AvgIpc) is 2.71. The van der Waals surface area contributed by atoms with Gasteiger partial charge < -0.3 is 10.2 Å². The fourth-order valence-corrected chi connectivity index (χ4v) is 3.99. The van der Waals surface area contributed by atoms with Gasteiger partial charge in [0, 0.05) is 30.1 Å². The fraction of sp³-hybridized carbons (Fsp3) is 0.812. The Hall–Kier alpha value is -0.610. The van der Waals surface area contributed by atoms with Crippen LogP contribution < -0.4 is 10.2 Å². The monoisotopic (exact) mass is 295 g/mol. The highest BCUT2D eigenvalue weighted by atomic mass is 32.1. The number of nitrogens with zero attached hydrogens (tertiary/aromatic N) is 2. The zero-order chi connectivity index (χ0) is 14.5. The Balaban J connectivity index is 2.14. The summed E-state index contributed by atoms with van der Waals surface area (Å²) in [6.45, 7) is 11.1. The van der Waals surface area contributed by atoms with E-state index in [1.165, 1.54) is 47.9 Å². The molecule has 2 rings (SSSR count). The highest BCUT2D eigenvalue weighted by Crippen LogP contribution is 2.31. The predicted octanol–water partition coefficient (Wildman–Crippen LogP) is 3.97. The summed E-state index contributed by atoms with van der Waals surface area (Å²) >= 11 is 1.90. The Morgan fingerprint density at radius 2 is 2.15 bits per heavy atom. The molecule has 4 heteroatoms. The van der Waals surface area contributed by atoms with Gasteiger partial charge in [-0.25, -0.2) is 4.98 Å². The molecule has 1 aromatic rings. The minimum Gasteiger partial charge on any atom is -0.345 e. The highest BCUT2D eigenvalue weighted by molar-refractivity contribution is 7.15. The fourth-order valence-electron chi connectivity index (χ4n) is 2.76. The van der Waals surface area contributed by atoms with Crippen LogP contribution in [-0.4, -0.2) is 23.6 Å². The van der Waals surface area contributed by atoms with Crippen LogP contribution in [0.2, 0.25) is 0 Å². The Labute approximate surface area is 127 Å². The largest absolute Gasteiger partial charge is 0.345 e. The van der Waals surface area contributed by atoms with Gasteiger partial charge in [0.2, 0.25) is 0 Å². The summed E-state index contributed by atoms with van der Waals surface area (Å²) in [5.41, 5.74) is 1.29. The first-order valence-electron chi connectivity index (χ1n) is 8.10. The zero-order valence-corrected chi connectivity index (χ0v) is 14.2. The van der Waals surface area contributed by atoms with Crippen molar-refractivity contribution in [1.29, 1.82) is 0 Å². The van der Waals surface area contributed by atoms with Crippen LogP contribution in [-0.2, 0) is 13.0 Å². The molecule has 1 N–H and O–H groups in total. The number of nitrogens with one attached hydrogen (secondary N) is 1. The standard InChI is InChI=1S/C16H29N3S/c1-5-14-15(11-17-12(2)3)20-16(18-14)19-10-8-6-7-9-13(19)4/h12-13,17H,5-11H2,1-4H3. The van der Waals surface area contributed by atoms with Crippen molar-refractivity contribution in [3.63, 3.8) is 0 Å². The van der Waals surface area contributed by atoms with Crippen LogP contribution in [0.4, 0.5) is 5.13 Å². The summed E-state index contributed by atoms with van der Waals surface area (Å²) < 4.78 is 0. The molecule has 1 unspecified atom stereocenters. The summed E-state index contributed by atoms with van der Waals surface area (Å²) in [6, 6.07) is 1.17. The van der Waals surface area contributed by atoms with Gasteiger partial charge >= 0.3 is 0 Å². The van der Waals surface area contributed by atoms with Crippen LogP contribution in [0.1, 0.15) is 63.9 Å². The number of aryl methyl sites for hydroxylation is 1. The number of rotatable bonds is 5. The molecule has 1 atom stereocenters. The van der Waals surface area contributed by atoms with E-state index in [-0.39, 0.29) is 0 Å². The summed E-state index contributed by atoms with van der Waals surface area (Å²) in [6.07, 6.45) is 6.39. The second kappa shape index (κ2) is 7.41. The van der Waals surface area contributed by atoms with Crippen LogP contribution in [0.5, 0.6) is 0 Å². The minimum absolute atomic E-state index is 0.530. The maximum absolute atomic E-state index is 4.93. The molecule has 0 aromatic carbocycles. The molecular formula is C16H29N3S. The molecule has 0 bridgehead atoms. The topological polar surface area (TPSA) is 28.2 Å². The van der Waals surface area contributed by atoms with Crippen LogP contribution in [0.15, 0.2) is 0 Å². The smallest absolute Gasteiger partial charge is 0.186 e. The lowest BCUT2D eigenvalue weighted by Gasteiger charge is -2.26. The Bertz CT molecular complexity index is 414. The van der Waals surface area contributed by atoms with E-state index in [1.807, 2.05) is 11.3 Å². The van der Waals surface area contributed by atoms with Crippen LogP contribution in [0.25, 0.3) is 0 Å². The number of anilines is 1. The lowest BCUT2D eigenvalue weighted by atomic mass is 10.1. The highest BCUT2D eigenvalue weighted by Gasteiger charge is 2.21. The van der Waals surface area contributed by atoms with Crippen molar-refractivity contribution < 1.29 is 0 Å². The zero-order valence-electron chi connectivity index (χ0n) is 13.4. The summed E-state index contributed by atoms with van der Waals surface area (Å²) in [7, 11) is 0. The van der Waals surface area contributed by atoms with Gasteiger partial charge in [-0.1, -0.05) is 33.6 Å². The van der Waals surface area contributed by atoms with E-state index in [1.54, 1.807) is 0 Å². The van der Waals surface area contributed by atoms with E-state index in [0.717, 1.165) is 13.0 Å². The van der Waals surface area contributed by atoms with Crippen molar-refractivity contribution in [2.45, 2.75) is 78.4 Å². The molecule has 1 fully saturated rings. The lowest BCUT2D eigenvalue weighted by molar-refractivity contribution is 0.590. The molecule has 1 aromatic heterocycles. The summed E-state index contributed by atoms with van der Waals surface area (Å²) in [5, 5.41) is 4.78. The SMILES string of the molecule is CCc1nc(N2CCCCCC2C)sc1CNC(C)C. The molecule has 1 aliphatic rings. The third-order valence-electron chi connectivity index (χ3n) is 4.07. The molecule has 0 saturated carbocycles. The molecular weight excluding hydrogens is 266 g/mol. The number of hydrogen-bond acceptors (Lipinski definition) is 4. The van der Waals surface area contributed by atoms with Gasteiger partial charge in [-0.05, 0) is 26.2 Å². The molecule has 1 saturated heterocycles. The normalized spacial score (nSPS) is 20.4. The van der Waals surface area contributed by atoms with Crippen molar-refractivity contribution in [2.24, 2.45) is 0 Å². The van der Waals surface area contributed by atoms with Gasteiger partial charge in [0.25, 0.3) is 0 Å². The van der Waals surface area contributed by atoms with E-state index >= 15 is 0 Å². The average molecular weight is 295 g/mol. The first-order chi connectivity index (χ1) is 9.61. The molecule has 114 valence electrons. The second-order valence-electron chi connectivity index (χ2n) is 6.15. The molecule has 0 aliphatic carbocycles. The van der Waals surface area contributed by atoms with Gasteiger partial charge in [-0.2, -0.15) is 0 Å². The van der Waals surface area contributed by atoms with Gasteiger partial charge in [-0.3, -0.25) is 0 Å².